The lowest BCUT2D eigenvalue weighted by atomic mass is 9.91. The predicted octanol–water partition coefficient (Wildman–Crippen LogP) is 2.80. The predicted molar refractivity (Wildman–Crippen MR) is 67.0 cm³/mol. The molecule has 0 radical (unpaired) electrons. The van der Waals surface area contributed by atoms with Crippen LogP contribution in [0.3, 0.4) is 0 Å². The minimum atomic E-state index is -0.356. The van der Waals surface area contributed by atoms with Crippen molar-refractivity contribution in [2.75, 3.05) is 12.8 Å². The van der Waals surface area contributed by atoms with Gasteiger partial charge in [-0.2, -0.15) is 17.0 Å². The van der Waals surface area contributed by atoms with Gasteiger partial charge in [-0.25, -0.2) is 0 Å². The Morgan fingerprint density at radius 3 is 2.80 bits per heavy atom. The smallest absolute Gasteiger partial charge is 0.112 e. The Morgan fingerprint density at radius 1 is 1.53 bits per heavy atom. The van der Waals surface area contributed by atoms with Gasteiger partial charge in [0.1, 0.15) is 5.54 Å². The molecular formula is C12H22N2S. The van der Waals surface area contributed by atoms with Crippen molar-refractivity contribution in [2.24, 2.45) is 5.92 Å². The molecule has 0 saturated heterocycles. The summed E-state index contributed by atoms with van der Waals surface area (Å²) in [5.74, 6) is 1.77. The van der Waals surface area contributed by atoms with E-state index in [0.29, 0.717) is 0 Å². The molecule has 1 rings (SSSR count). The lowest BCUT2D eigenvalue weighted by molar-refractivity contribution is 0.393. The van der Waals surface area contributed by atoms with Gasteiger partial charge >= 0.3 is 0 Å². The minimum Gasteiger partial charge on any atom is -0.302 e. The quantitative estimate of drug-likeness (QED) is 0.800. The summed E-state index contributed by atoms with van der Waals surface area (Å²) in [6.45, 7) is 4.32. The van der Waals surface area contributed by atoms with Gasteiger partial charge in [0.2, 0.25) is 0 Å². The van der Waals surface area contributed by atoms with Crippen molar-refractivity contribution in [2.45, 2.75) is 50.3 Å². The Morgan fingerprint density at radius 2 is 2.27 bits per heavy atom. The first-order chi connectivity index (χ1) is 7.09. The van der Waals surface area contributed by atoms with Crippen molar-refractivity contribution < 1.29 is 0 Å². The van der Waals surface area contributed by atoms with Gasteiger partial charge in [-0.05, 0) is 32.7 Å². The molecule has 0 bridgehead atoms. The average molecular weight is 226 g/mol. The van der Waals surface area contributed by atoms with Crippen molar-refractivity contribution in [1.29, 1.82) is 5.26 Å². The second kappa shape index (κ2) is 5.77. The summed E-state index contributed by atoms with van der Waals surface area (Å²) < 4.78 is 0. The summed E-state index contributed by atoms with van der Waals surface area (Å²) in [4.78, 5) is 0. The lowest BCUT2D eigenvalue weighted by Gasteiger charge is -2.29. The van der Waals surface area contributed by atoms with Crippen molar-refractivity contribution in [3.8, 4) is 6.07 Å². The Labute approximate surface area is 97.8 Å². The minimum absolute atomic E-state index is 0.356. The fourth-order valence-electron chi connectivity index (χ4n) is 1.97. The van der Waals surface area contributed by atoms with Crippen LogP contribution in [0.2, 0.25) is 0 Å². The molecule has 1 aliphatic rings. The van der Waals surface area contributed by atoms with Crippen LogP contribution in [0.4, 0.5) is 0 Å². The first-order valence-corrected chi connectivity index (χ1v) is 6.86. The maximum absolute atomic E-state index is 9.04. The zero-order valence-corrected chi connectivity index (χ0v) is 10.9. The highest BCUT2D eigenvalue weighted by molar-refractivity contribution is 8.00. The van der Waals surface area contributed by atoms with Gasteiger partial charge in [-0.1, -0.05) is 19.8 Å². The van der Waals surface area contributed by atoms with Crippen LogP contribution < -0.4 is 5.32 Å². The summed E-state index contributed by atoms with van der Waals surface area (Å²) in [6.07, 6.45) is 5.41. The maximum Gasteiger partial charge on any atom is 0.112 e. The zero-order chi connectivity index (χ0) is 11.3. The van der Waals surface area contributed by atoms with Crippen LogP contribution in [0.15, 0.2) is 0 Å². The maximum atomic E-state index is 9.04. The van der Waals surface area contributed by atoms with E-state index in [1.165, 1.54) is 25.7 Å². The Hall–Kier alpha value is -0.200. The van der Waals surface area contributed by atoms with Crippen molar-refractivity contribution in [3.63, 3.8) is 0 Å². The van der Waals surface area contributed by atoms with E-state index in [-0.39, 0.29) is 5.54 Å². The highest BCUT2D eigenvalue weighted by Gasteiger charge is 2.25. The monoisotopic (exact) mass is 226 g/mol. The van der Waals surface area contributed by atoms with E-state index in [1.807, 2.05) is 25.7 Å². The molecule has 2 nitrogen and oxygen atoms in total. The number of nitrogens with zero attached hydrogens (tertiary/aromatic N) is 1. The zero-order valence-electron chi connectivity index (χ0n) is 10.0. The van der Waals surface area contributed by atoms with E-state index in [0.717, 1.165) is 16.9 Å². The lowest BCUT2D eigenvalue weighted by Crippen LogP contribution is -2.41. The number of rotatable bonds is 4. The molecule has 1 saturated carbocycles. The molecule has 3 unspecified atom stereocenters. The molecule has 3 atom stereocenters. The molecule has 0 spiro atoms. The largest absolute Gasteiger partial charge is 0.302 e. The number of hydrogen-bond donors (Lipinski definition) is 1. The molecular weight excluding hydrogens is 204 g/mol. The van der Waals surface area contributed by atoms with Crippen molar-refractivity contribution in [1.82, 2.24) is 5.32 Å². The standard InChI is InChI=1S/C12H22N2S/c1-10-5-4-6-11(7-10)15-9-12(2,8-13)14-3/h10-11,14H,4-7,9H2,1-3H3. The van der Waals surface area contributed by atoms with Gasteiger partial charge in [0.25, 0.3) is 0 Å². The van der Waals surface area contributed by atoms with Gasteiger partial charge in [0, 0.05) is 11.0 Å². The number of hydrogen-bond acceptors (Lipinski definition) is 3. The van der Waals surface area contributed by atoms with Crippen molar-refractivity contribution in [3.05, 3.63) is 0 Å². The second-order valence-corrected chi connectivity index (χ2v) is 6.19. The van der Waals surface area contributed by atoms with Gasteiger partial charge in [-0.15, -0.1) is 0 Å². The first-order valence-electron chi connectivity index (χ1n) is 5.81. The number of thioether (sulfide) groups is 1. The van der Waals surface area contributed by atoms with Crippen LogP contribution in [0.1, 0.15) is 39.5 Å². The van der Waals surface area contributed by atoms with E-state index in [2.05, 4.69) is 18.3 Å². The Bertz CT molecular complexity index is 236. The molecule has 1 N–H and O–H groups in total. The molecule has 0 aliphatic heterocycles. The molecule has 15 heavy (non-hydrogen) atoms. The summed E-state index contributed by atoms with van der Waals surface area (Å²) in [6, 6.07) is 2.35. The van der Waals surface area contributed by atoms with E-state index in [4.69, 9.17) is 5.26 Å². The normalized spacial score (nSPS) is 30.5. The highest BCUT2D eigenvalue weighted by atomic mass is 32.2. The van der Waals surface area contributed by atoms with Gasteiger partial charge in [-0.3, -0.25) is 0 Å². The van der Waals surface area contributed by atoms with E-state index in [9.17, 15) is 0 Å². The molecule has 0 aromatic rings. The molecule has 1 aliphatic carbocycles. The van der Waals surface area contributed by atoms with Gasteiger partial charge < -0.3 is 5.32 Å². The molecule has 86 valence electrons. The van der Waals surface area contributed by atoms with Crippen LogP contribution >= 0.6 is 11.8 Å². The van der Waals surface area contributed by atoms with Crippen LogP contribution in [0.5, 0.6) is 0 Å². The summed E-state index contributed by atoms with van der Waals surface area (Å²) in [5, 5.41) is 12.9. The van der Waals surface area contributed by atoms with Crippen LogP contribution in [0, 0.1) is 17.2 Å². The third kappa shape index (κ3) is 4.04. The van der Waals surface area contributed by atoms with Crippen molar-refractivity contribution >= 4 is 11.8 Å². The van der Waals surface area contributed by atoms with Crippen LogP contribution in [0.25, 0.3) is 0 Å². The fraction of sp³-hybridized carbons (Fsp3) is 0.917. The van der Waals surface area contributed by atoms with Gasteiger partial charge in [0.05, 0.1) is 6.07 Å². The number of nitriles is 1. The third-order valence-electron chi connectivity index (χ3n) is 3.29. The summed E-state index contributed by atoms with van der Waals surface area (Å²) in [7, 11) is 1.87. The highest BCUT2D eigenvalue weighted by Crippen LogP contribution is 2.33. The third-order valence-corrected chi connectivity index (χ3v) is 4.94. The Balaban J connectivity index is 2.33. The van der Waals surface area contributed by atoms with Crippen LogP contribution in [-0.4, -0.2) is 23.6 Å². The molecule has 0 heterocycles. The van der Waals surface area contributed by atoms with Crippen LogP contribution in [-0.2, 0) is 0 Å². The SMILES string of the molecule is CNC(C)(C#N)CSC1CCCC(C)C1. The van der Waals surface area contributed by atoms with E-state index in [1.54, 1.807) is 0 Å². The number of nitrogens with one attached hydrogen (secondary N) is 1. The first kappa shape index (κ1) is 12.9. The molecule has 0 amide bonds. The topological polar surface area (TPSA) is 35.8 Å². The molecule has 1 fully saturated rings. The molecule has 3 heteroatoms. The second-order valence-electron chi connectivity index (χ2n) is 4.90. The summed E-state index contributed by atoms with van der Waals surface area (Å²) in [5.41, 5.74) is -0.356. The van der Waals surface area contributed by atoms with Gasteiger partial charge in [0.15, 0.2) is 0 Å². The Kier molecular flexibility index (Phi) is 4.95. The average Bonchev–Trinajstić information content (AvgIpc) is 2.26. The van der Waals surface area contributed by atoms with E-state index < -0.39 is 0 Å². The molecule has 0 aromatic heterocycles. The molecule has 0 aromatic carbocycles. The van der Waals surface area contributed by atoms with E-state index >= 15 is 0 Å². The fourth-order valence-corrected chi connectivity index (χ4v) is 3.55. The summed E-state index contributed by atoms with van der Waals surface area (Å²) >= 11 is 1.97.